The minimum Gasteiger partial charge on any atom is -0.325 e. The van der Waals surface area contributed by atoms with Crippen LogP contribution in [0.3, 0.4) is 0 Å². The second-order valence-electron chi connectivity index (χ2n) is 4.95. The third kappa shape index (κ3) is 4.54. The van der Waals surface area contributed by atoms with E-state index in [2.05, 4.69) is 5.32 Å². The van der Waals surface area contributed by atoms with Crippen LogP contribution in [0.5, 0.6) is 0 Å². The average molecular weight is 353 g/mol. The lowest BCUT2D eigenvalue weighted by Crippen LogP contribution is -2.26. The van der Waals surface area contributed by atoms with Crippen LogP contribution in [-0.4, -0.2) is 31.6 Å². The molecule has 0 unspecified atom stereocenters. The SMILES string of the molecule is CN(Cc1ccccc1)S(=O)(=O)c1ccc(NC(=O)CCl)cc1. The summed E-state index contributed by atoms with van der Waals surface area (Å²) in [6.45, 7) is 0.286. The molecule has 2 rings (SSSR count). The molecule has 0 spiro atoms. The van der Waals surface area contributed by atoms with Crippen molar-refractivity contribution in [1.29, 1.82) is 0 Å². The third-order valence-corrected chi connectivity index (χ3v) is 5.28. The molecule has 0 atom stereocenters. The van der Waals surface area contributed by atoms with Gasteiger partial charge in [-0.2, -0.15) is 4.31 Å². The van der Waals surface area contributed by atoms with Crippen LogP contribution in [0.1, 0.15) is 5.56 Å². The molecule has 122 valence electrons. The quantitative estimate of drug-likeness (QED) is 0.813. The Morgan fingerprint density at radius 1 is 1.09 bits per heavy atom. The molecule has 7 heteroatoms. The summed E-state index contributed by atoms with van der Waals surface area (Å²) in [5.41, 5.74) is 1.41. The molecule has 0 aliphatic rings. The molecular weight excluding hydrogens is 336 g/mol. The monoisotopic (exact) mass is 352 g/mol. The van der Waals surface area contributed by atoms with E-state index >= 15 is 0 Å². The first-order valence-corrected chi connectivity index (χ1v) is 8.87. The molecule has 2 aromatic rings. The largest absolute Gasteiger partial charge is 0.325 e. The van der Waals surface area contributed by atoms with Crippen LogP contribution in [0.2, 0.25) is 0 Å². The first kappa shape index (κ1) is 17.5. The van der Waals surface area contributed by atoms with Crippen LogP contribution in [0.15, 0.2) is 59.5 Å². The summed E-state index contributed by atoms with van der Waals surface area (Å²) in [5, 5.41) is 2.56. The van der Waals surface area contributed by atoms with Crippen molar-refractivity contribution in [2.45, 2.75) is 11.4 Å². The number of amides is 1. The summed E-state index contributed by atoms with van der Waals surface area (Å²) >= 11 is 5.41. The third-order valence-electron chi connectivity index (χ3n) is 3.22. The molecule has 5 nitrogen and oxygen atoms in total. The van der Waals surface area contributed by atoms with E-state index in [0.717, 1.165) is 5.56 Å². The summed E-state index contributed by atoms with van der Waals surface area (Å²) in [5.74, 6) is -0.497. The van der Waals surface area contributed by atoms with Gasteiger partial charge in [-0.1, -0.05) is 30.3 Å². The smallest absolute Gasteiger partial charge is 0.243 e. The molecular formula is C16H17ClN2O3S. The molecule has 1 N–H and O–H groups in total. The molecule has 0 fully saturated rings. The van der Waals surface area contributed by atoms with Crippen LogP contribution in [0.4, 0.5) is 5.69 Å². The maximum atomic E-state index is 12.5. The zero-order chi connectivity index (χ0) is 16.9. The lowest BCUT2D eigenvalue weighted by Gasteiger charge is -2.17. The lowest BCUT2D eigenvalue weighted by molar-refractivity contribution is -0.113. The van der Waals surface area contributed by atoms with E-state index in [1.165, 1.54) is 35.6 Å². The Morgan fingerprint density at radius 3 is 2.26 bits per heavy atom. The Morgan fingerprint density at radius 2 is 1.70 bits per heavy atom. The van der Waals surface area contributed by atoms with Crippen LogP contribution in [0, 0.1) is 0 Å². The zero-order valence-corrected chi connectivity index (χ0v) is 14.1. The van der Waals surface area contributed by atoms with Gasteiger partial charge < -0.3 is 5.32 Å². The highest BCUT2D eigenvalue weighted by molar-refractivity contribution is 7.89. The molecule has 0 heterocycles. The van der Waals surface area contributed by atoms with Gasteiger partial charge in [-0.25, -0.2) is 8.42 Å². The molecule has 2 aromatic carbocycles. The fourth-order valence-corrected chi connectivity index (χ4v) is 3.24. The van der Waals surface area contributed by atoms with E-state index in [0.29, 0.717) is 5.69 Å². The van der Waals surface area contributed by atoms with Gasteiger partial charge in [0.15, 0.2) is 0 Å². The number of hydrogen-bond acceptors (Lipinski definition) is 3. The number of alkyl halides is 1. The Balaban J connectivity index is 2.14. The molecule has 0 aromatic heterocycles. The van der Waals surface area contributed by atoms with E-state index in [9.17, 15) is 13.2 Å². The molecule has 0 aliphatic carbocycles. The van der Waals surface area contributed by atoms with E-state index in [-0.39, 0.29) is 23.2 Å². The fraction of sp³-hybridized carbons (Fsp3) is 0.188. The van der Waals surface area contributed by atoms with Crippen molar-refractivity contribution in [3.05, 3.63) is 60.2 Å². The van der Waals surface area contributed by atoms with E-state index in [4.69, 9.17) is 11.6 Å². The van der Waals surface area contributed by atoms with Crippen LogP contribution >= 0.6 is 11.6 Å². The second-order valence-corrected chi connectivity index (χ2v) is 7.27. The summed E-state index contributed by atoms with van der Waals surface area (Å²) in [4.78, 5) is 11.4. The van der Waals surface area contributed by atoms with Gasteiger partial charge in [0.1, 0.15) is 5.88 Å². The number of sulfonamides is 1. The molecule has 0 saturated carbocycles. The summed E-state index contributed by atoms with van der Waals surface area (Å²) in [6, 6.07) is 15.3. The number of benzene rings is 2. The number of carbonyl (C=O) groups is 1. The highest BCUT2D eigenvalue weighted by Gasteiger charge is 2.20. The second kappa shape index (κ2) is 7.59. The number of anilines is 1. The summed E-state index contributed by atoms with van der Waals surface area (Å²) in [7, 11) is -2.06. The lowest BCUT2D eigenvalue weighted by atomic mass is 10.2. The fourth-order valence-electron chi connectivity index (χ4n) is 2.01. The van der Waals surface area contributed by atoms with E-state index in [1.54, 1.807) is 0 Å². The number of halogens is 1. The number of nitrogens with zero attached hydrogens (tertiary/aromatic N) is 1. The normalized spacial score (nSPS) is 11.4. The number of nitrogens with one attached hydrogen (secondary N) is 1. The van der Waals surface area contributed by atoms with Crippen LogP contribution < -0.4 is 5.32 Å². The molecule has 1 amide bonds. The molecule has 0 aliphatic heterocycles. The summed E-state index contributed by atoms with van der Waals surface area (Å²) < 4.78 is 26.4. The number of rotatable bonds is 6. The molecule has 23 heavy (non-hydrogen) atoms. The van der Waals surface area contributed by atoms with Gasteiger partial charge in [0, 0.05) is 19.3 Å². The Labute approximate surface area is 140 Å². The van der Waals surface area contributed by atoms with E-state index < -0.39 is 10.0 Å². The van der Waals surface area contributed by atoms with Crippen molar-refractivity contribution in [2.75, 3.05) is 18.2 Å². The minimum atomic E-state index is -3.59. The highest BCUT2D eigenvalue weighted by Crippen LogP contribution is 2.19. The van der Waals surface area contributed by atoms with Crippen molar-refractivity contribution in [3.8, 4) is 0 Å². The standard InChI is InChI=1S/C16H17ClN2O3S/c1-19(12-13-5-3-2-4-6-13)23(21,22)15-9-7-14(8-10-15)18-16(20)11-17/h2-10H,11-12H2,1H3,(H,18,20). The molecule has 0 radical (unpaired) electrons. The van der Waals surface area contributed by atoms with E-state index in [1.807, 2.05) is 30.3 Å². The van der Waals surface area contributed by atoms with Gasteiger partial charge in [0.05, 0.1) is 4.90 Å². The predicted molar refractivity (Wildman–Crippen MR) is 90.9 cm³/mol. The topological polar surface area (TPSA) is 66.5 Å². The van der Waals surface area contributed by atoms with Crippen molar-refractivity contribution in [3.63, 3.8) is 0 Å². The zero-order valence-electron chi connectivity index (χ0n) is 12.6. The molecule has 0 saturated heterocycles. The van der Waals surface area contributed by atoms with Crippen molar-refractivity contribution in [2.24, 2.45) is 0 Å². The Kier molecular flexibility index (Phi) is 5.76. The first-order chi connectivity index (χ1) is 10.9. The predicted octanol–water partition coefficient (Wildman–Crippen LogP) is 2.68. The van der Waals surface area contributed by atoms with Gasteiger partial charge >= 0.3 is 0 Å². The maximum Gasteiger partial charge on any atom is 0.243 e. The minimum absolute atomic E-state index is 0.153. The van der Waals surface area contributed by atoms with Crippen molar-refractivity contribution >= 4 is 33.2 Å². The number of hydrogen-bond donors (Lipinski definition) is 1. The molecule has 0 bridgehead atoms. The highest BCUT2D eigenvalue weighted by atomic mass is 35.5. The number of carbonyl (C=O) groups excluding carboxylic acids is 1. The van der Waals surface area contributed by atoms with Gasteiger partial charge in [-0.15, -0.1) is 11.6 Å². The van der Waals surface area contributed by atoms with Crippen molar-refractivity contribution in [1.82, 2.24) is 4.31 Å². The van der Waals surface area contributed by atoms with Crippen LogP contribution in [0.25, 0.3) is 0 Å². The Bertz CT molecular complexity index is 762. The summed E-state index contributed by atoms with van der Waals surface area (Å²) in [6.07, 6.45) is 0. The Hall–Kier alpha value is -1.89. The van der Waals surface area contributed by atoms with Crippen molar-refractivity contribution < 1.29 is 13.2 Å². The van der Waals surface area contributed by atoms with Crippen LogP contribution in [-0.2, 0) is 21.4 Å². The van der Waals surface area contributed by atoms with Gasteiger partial charge in [0.25, 0.3) is 0 Å². The van der Waals surface area contributed by atoms with Gasteiger partial charge in [0.2, 0.25) is 15.9 Å². The van der Waals surface area contributed by atoms with Gasteiger partial charge in [-0.3, -0.25) is 4.79 Å². The first-order valence-electron chi connectivity index (χ1n) is 6.89. The average Bonchev–Trinajstić information content (AvgIpc) is 2.56. The van der Waals surface area contributed by atoms with Gasteiger partial charge in [-0.05, 0) is 29.8 Å². The maximum absolute atomic E-state index is 12.5.